The second kappa shape index (κ2) is 7.77. The fourth-order valence-corrected chi connectivity index (χ4v) is 2.13. The Morgan fingerprint density at radius 2 is 1.95 bits per heavy atom. The van der Waals surface area contributed by atoms with Gasteiger partial charge in [-0.05, 0) is 48.1 Å². The van der Waals surface area contributed by atoms with Crippen molar-refractivity contribution in [2.75, 3.05) is 7.11 Å². The molecule has 0 unspecified atom stereocenters. The Kier molecular flexibility index (Phi) is 5.75. The molecule has 0 bridgehead atoms. The fourth-order valence-electron chi connectivity index (χ4n) is 1.77. The number of rotatable bonds is 4. The molecule has 2 aromatic rings. The van der Waals surface area contributed by atoms with Gasteiger partial charge in [0.15, 0.2) is 5.11 Å². The number of halogens is 1. The van der Waals surface area contributed by atoms with Gasteiger partial charge in [0.05, 0.1) is 7.11 Å². The lowest BCUT2D eigenvalue weighted by molar-refractivity contribution is 0.0976. The summed E-state index contributed by atoms with van der Waals surface area (Å²) >= 11 is 11.0. The third-order valence-corrected chi connectivity index (χ3v) is 3.41. The normalized spacial score (nSPS) is 9.91. The van der Waals surface area contributed by atoms with Gasteiger partial charge in [0.2, 0.25) is 0 Å². The summed E-state index contributed by atoms with van der Waals surface area (Å²) in [6.45, 7) is 0.513. The highest BCUT2D eigenvalue weighted by atomic mass is 35.5. The molecule has 0 radical (unpaired) electrons. The zero-order valence-corrected chi connectivity index (χ0v) is 13.5. The van der Waals surface area contributed by atoms with Crippen LogP contribution in [0.5, 0.6) is 5.75 Å². The van der Waals surface area contributed by atoms with Crippen LogP contribution in [0.3, 0.4) is 0 Å². The van der Waals surface area contributed by atoms with Gasteiger partial charge in [-0.2, -0.15) is 0 Å². The zero-order valence-electron chi connectivity index (χ0n) is 11.9. The molecule has 4 nitrogen and oxygen atoms in total. The van der Waals surface area contributed by atoms with E-state index in [4.69, 9.17) is 28.6 Å². The first-order valence-electron chi connectivity index (χ1n) is 6.56. The molecule has 0 heterocycles. The van der Waals surface area contributed by atoms with E-state index in [1.54, 1.807) is 31.4 Å². The summed E-state index contributed by atoms with van der Waals surface area (Å²) in [5.41, 5.74) is 1.49. The van der Waals surface area contributed by atoms with Crippen molar-refractivity contribution in [3.8, 4) is 5.75 Å². The van der Waals surface area contributed by atoms with E-state index >= 15 is 0 Å². The van der Waals surface area contributed by atoms with Crippen molar-refractivity contribution in [2.24, 2.45) is 0 Å². The molecule has 0 aliphatic rings. The highest BCUT2D eigenvalue weighted by Crippen LogP contribution is 2.11. The van der Waals surface area contributed by atoms with Gasteiger partial charge in [-0.3, -0.25) is 10.1 Å². The van der Waals surface area contributed by atoms with Crippen LogP contribution in [0.2, 0.25) is 5.02 Å². The molecule has 0 aliphatic heterocycles. The molecule has 0 aliphatic carbocycles. The maximum absolute atomic E-state index is 12.0. The molecule has 114 valence electrons. The van der Waals surface area contributed by atoms with Crippen LogP contribution in [-0.2, 0) is 6.54 Å². The summed E-state index contributed by atoms with van der Waals surface area (Å²) < 4.78 is 5.09. The molecular weight excluding hydrogens is 320 g/mol. The Morgan fingerprint density at radius 3 is 2.59 bits per heavy atom. The molecule has 0 spiro atoms. The number of hydrogen-bond donors (Lipinski definition) is 2. The molecule has 0 atom stereocenters. The van der Waals surface area contributed by atoms with Crippen LogP contribution >= 0.6 is 23.8 Å². The maximum Gasteiger partial charge on any atom is 0.257 e. The van der Waals surface area contributed by atoms with Gasteiger partial charge in [-0.1, -0.05) is 29.8 Å². The number of nitrogens with one attached hydrogen (secondary N) is 2. The second-order valence-electron chi connectivity index (χ2n) is 4.50. The highest BCUT2D eigenvalue weighted by Gasteiger charge is 2.07. The maximum atomic E-state index is 12.0. The van der Waals surface area contributed by atoms with Crippen molar-refractivity contribution in [1.29, 1.82) is 0 Å². The molecule has 2 N–H and O–H groups in total. The molecular formula is C16H15ClN2O2S. The van der Waals surface area contributed by atoms with Crippen LogP contribution in [0.15, 0.2) is 48.5 Å². The first-order valence-corrected chi connectivity index (χ1v) is 7.35. The number of thiocarbonyl (C=S) groups is 1. The molecule has 2 rings (SSSR count). The van der Waals surface area contributed by atoms with Gasteiger partial charge in [-0.25, -0.2) is 0 Å². The summed E-state index contributed by atoms with van der Waals surface area (Å²) in [5, 5.41) is 6.36. The molecule has 2 aromatic carbocycles. The van der Waals surface area contributed by atoms with Gasteiger partial charge in [0.1, 0.15) is 5.75 Å². The van der Waals surface area contributed by atoms with E-state index < -0.39 is 0 Å². The van der Waals surface area contributed by atoms with Gasteiger partial charge in [0.25, 0.3) is 5.91 Å². The summed E-state index contributed by atoms with van der Waals surface area (Å²) in [6, 6.07) is 14.3. The van der Waals surface area contributed by atoms with Gasteiger partial charge in [-0.15, -0.1) is 0 Å². The Bertz CT molecular complexity index is 674. The van der Waals surface area contributed by atoms with E-state index in [-0.39, 0.29) is 11.0 Å². The van der Waals surface area contributed by atoms with E-state index in [0.717, 1.165) is 11.3 Å². The Balaban J connectivity index is 1.85. The smallest absolute Gasteiger partial charge is 0.257 e. The van der Waals surface area contributed by atoms with Crippen molar-refractivity contribution in [3.05, 3.63) is 64.7 Å². The Labute approximate surface area is 139 Å². The first-order chi connectivity index (χ1) is 10.6. The number of methoxy groups -OCH3 is 1. The zero-order chi connectivity index (χ0) is 15.9. The molecule has 0 saturated heterocycles. The molecule has 0 aromatic heterocycles. The lowest BCUT2D eigenvalue weighted by atomic mass is 10.2. The van der Waals surface area contributed by atoms with E-state index in [1.165, 1.54) is 0 Å². The van der Waals surface area contributed by atoms with Gasteiger partial charge in [0, 0.05) is 17.1 Å². The lowest BCUT2D eigenvalue weighted by Crippen LogP contribution is -2.38. The van der Waals surface area contributed by atoms with E-state index in [9.17, 15) is 4.79 Å². The standard InChI is InChI=1S/C16H15ClN2O2S/c1-21-14-7-5-11(6-8-14)10-18-16(22)19-15(20)12-3-2-4-13(17)9-12/h2-9H,10H2,1H3,(H2,18,19,20,22). The largest absolute Gasteiger partial charge is 0.497 e. The van der Waals surface area contributed by atoms with Crippen LogP contribution in [0, 0.1) is 0 Å². The van der Waals surface area contributed by atoms with E-state index in [2.05, 4.69) is 10.6 Å². The van der Waals surface area contributed by atoms with Crippen molar-refractivity contribution in [3.63, 3.8) is 0 Å². The van der Waals surface area contributed by atoms with Crippen LogP contribution in [0.1, 0.15) is 15.9 Å². The number of benzene rings is 2. The summed E-state index contributed by atoms with van der Waals surface area (Å²) in [5.74, 6) is 0.496. The average molecular weight is 335 g/mol. The number of ether oxygens (including phenoxy) is 1. The molecule has 6 heteroatoms. The number of amides is 1. The monoisotopic (exact) mass is 334 g/mol. The summed E-state index contributed by atoms with van der Waals surface area (Å²) in [7, 11) is 1.62. The number of carbonyl (C=O) groups is 1. The molecule has 1 amide bonds. The predicted molar refractivity (Wildman–Crippen MR) is 91.3 cm³/mol. The Morgan fingerprint density at radius 1 is 1.23 bits per heavy atom. The molecule has 22 heavy (non-hydrogen) atoms. The van der Waals surface area contributed by atoms with Crippen molar-refractivity contribution < 1.29 is 9.53 Å². The lowest BCUT2D eigenvalue weighted by Gasteiger charge is -2.10. The topological polar surface area (TPSA) is 50.4 Å². The average Bonchev–Trinajstić information content (AvgIpc) is 2.53. The van der Waals surface area contributed by atoms with Crippen molar-refractivity contribution >= 4 is 34.8 Å². The quantitative estimate of drug-likeness (QED) is 0.843. The summed E-state index contributed by atoms with van der Waals surface area (Å²) in [4.78, 5) is 12.0. The third-order valence-electron chi connectivity index (χ3n) is 2.93. The minimum Gasteiger partial charge on any atom is -0.497 e. The second-order valence-corrected chi connectivity index (χ2v) is 5.34. The minimum atomic E-state index is -0.297. The molecule has 0 fully saturated rings. The third kappa shape index (κ3) is 4.72. The van der Waals surface area contributed by atoms with Crippen molar-refractivity contribution in [1.82, 2.24) is 10.6 Å². The van der Waals surface area contributed by atoms with Gasteiger partial charge >= 0.3 is 0 Å². The van der Waals surface area contributed by atoms with Crippen LogP contribution in [0.25, 0.3) is 0 Å². The first kappa shape index (κ1) is 16.3. The van der Waals surface area contributed by atoms with Crippen LogP contribution in [0.4, 0.5) is 0 Å². The number of carbonyl (C=O) groups excluding carboxylic acids is 1. The SMILES string of the molecule is COc1ccc(CNC(=S)NC(=O)c2cccc(Cl)c2)cc1. The van der Waals surface area contributed by atoms with E-state index in [1.807, 2.05) is 24.3 Å². The summed E-state index contributed by atoms with van der Waals surface area (Å²) in [6.07, 6.45) is 0. The number of hydrogen-bond acceptors (Lipinski definition) is 3. The minimum absolute atomic E-state index is 0.265. The fraction of sp³-hybridized carbons (Fsp3) is 0.125. The van der Waals surface area contributed by atoms with Crippen LogP contribution < -0.4 is 15.4 Å². The molecule has 0 saturated carbocycles. The van der Waals surface area contributed by atoms with E-state index in [0.29, 0.717) is 17.1 Å². The predicted octanol–water partition coefficient (Wildman–Crippen LogP) is 3.15. The Hall–Kier alpha value is -2.11. The highest BCUT2D eigenvalue weighted by molar-refractivity contribution is 7.80. The van der Waals surface area contributed by atoms with Gasteiger partial charge < -0.3 is 10.1 Å². The van der Waals surface area contributed by atoms with Crippen LogP contribution in [-0.4, -0.2) is 18.1 Å². The van der Waals surface area contributed by atoms with Crippen molar-refractivity contribution in [2.45, 2.75) is 6.54 Å².